The van der Waals surface area contributed by atoms with Crippen LogP contribution in [0, 0.1) is 0 Å². The Morgan fingerprint density at radius 1 is 1.08 bits per heavy atom. The monoisotopic (exact) mass is 379 g/mol. The number of aliphatic hydroxyl groups excluding tert-OH is 1. The van der Waals surface area contributed by atoms with Gasteiger partial charge in [0.25, 0.3) is 0 Å². The molecular weight excluding hydrogens is 365 g/mol. The van der Waals surface area contributed by atoms with Gasteiger partial charge in [-0.3, -0.25) is 0 Å². The summed E-state index contributed by atoms with van der Waals surface area (Å²) < 4.78 is 16.0. The average Bonchev–Trinajstić information content (AvgIpc) is 3.07. The number of nitrogens with zero attached hydrogens (tertiary/aromatic N) is 1. The van der Waals surface area contributed by atoms with Gasteiger partial charge in [-0.1, -0.05) is 40.5 Å². The molecule has 0 aliphatic carbocycles. The third-order valence-electron chi connectivity index (χ3n) is 3.77. The van der Waals surface area contributed by atoms with Crippen molar-refractivity contribution < 1.29 is 19.1 Å². The number of methoxy groups -OCH3 is 2. The molecule has 5 nitrogen and oxygen atoms in total. The van der Waals surface area contributed by atoms with Crippen molar-refractivity contribution >= 4 is 23.2 Å². The van der Waals surface area contributed by atoms with Crippen molar-refractivity contribution in [1.82, 2.24) is 5.16 Å². The Bertz CT molecular complexity index is 886. The van der Waals surface area contributed by atoms with Gasteiger partial charge in [0.2, 0.25) is 0 Å². The second-order valence-corrected chi connectivity index (χ2v) is 5.98. The first-order valence-electron chi connectivity index (χ1n) is 7.36. The topological polar surface area (TPSA) is 64.7 Å². The van der Waals surface area contributed by atoms with Crippen molar-refractivity contribution in [2.45, 2.75) is 6.61 Å². The summed E-state index contributed by atoms with van der Waals surface area (Å²) in [5.41, 5.74) is 2.19. The summed E-state index contributed by atoms with van der Waals surface area (Å²) >= 11 is 12.3. The van der Waals surface area contributed by atoms with Crippen LogP contribution in [0.2, 0.25) is 10.0 Å². The van der Waals surface area contributed by atoms with E-state index in [1.54, 1.807) is 50.6 Å². The molecule has 0 bridgehead atoms. The van der Waals surface area contributed by atoms with Crippen molar-refractivity contribution in [3.05, 3.63) is 52.0 Å². The minimum Gasteiger partial charge on any atom is -0.497 e. The maximum atomic E-state index is 9.89. The second-order valence-electron chi connectivity index (χ2n) is 5.20. The van der Waals surface area contributed by atoms with E-state index in [2.05, 4.69) is 5.16 Å². The van der Waals surface area contributed by atoms with Gasteiger partial charge in [0, 0.05) is 17.2 Å². The Morgan fingerprint density at radius 3 is 2.36 bits per heavy atom. The largest absolute Gasteiger partial charge is 0.497 e. The van der Waals surface area contributed by atoms with E-state index in [0.29, 0.717) is 49.7 Å². The van der Waals surface area contributed by atoms with Crippen LogP contribution in [0.3, 0.4) is 0 Å². The smallest absolute Gasteiger partial charge is 0.173 e. The normalized spacial score (nSPS) is 10.8. The molecule has 0 unspecified atom stereocenters. The lowest BCUT2D eigenvalue weighted by atomic mass is 10.0. The van der Waals surface area contributed by atoms with Crippen molar-refractivity contribution in [2.75, 3.05) is 14.2 Å². The van der Waals surface area contributed by atoms with Crippen LogP contribution in [0.5, 0.6) is 11.5 Å². The SMILES string of the molecule is COc1cc(OC)cc(-c2onc(-c3cccc(Cl)c3Cl)c2CO)c1. The molecule has 1 aromatic heterocycles. The fourth-order valence-electron chi connectivity index (χ4n) is 2.52. The van der Waals surface area contributed by atoms with E-state index >= 15 is 0 Å². The van der Waals surface area contributed by atoms with Crippen LogP contribution in [0.15, 0.2) is 40.9 Å². The molecule has 0 saturated carbocycles. The predicted octanol–water partition coefficient (Wildman–Crippen LogP) is 4.82. The van der Waals surface area contributed by atoms with E-state index in [1.807, 2.05) is 0 Å². The molecular formula is C18H15Cl2NO4. The van der Waals surface area contributed by atoms with Gasteiger partial charge in [-0.25, -0.2) is 0 Å². The highest BCUT2D eigenvalue weighted by Gasteiger charge is 2.21. The summed E-state index contributed by atoms with van der Waals surface area (Å²) in [7, 11) is 3.12. The van der Waals surface area contributed by atoms with E-state index in [0.717, 1.165) is 0 Å². The lowest BCUT2D eigenvalue weighted by Crippen LogP contribution is -1.92. The molecule has 25 heavy (non-hydrogen) atoms. The molecule has 1 heterocycles. The van der Waals surface area contributed by atoms with E-state index in [1.165, 1.54) is 0 Å². The quantitative estimate of drug-likeness (QED) is 0.687. The van der Waals surface area contributed by atoms with Gasteiger partial charge in [0.15, 0.2) is 5.76 Å². The third-order valence-corrected chi connectivity index (χ3v) is 4.59. The van der Waals surface area contributed by atoms with Crippen LogP contribution < -0.4 is 9.47 Å². The van der Waals surface area contributed by atoms with Crippen LogP contribution >= 0.6 is 23.2 Å². The zero-order chi connectivity index (χ0) is 18.0. The molecule has 0 amide bonds. The Hall–Kier alpha value is -2.21. The van der Waals surface area contributed by atoms with E-state index in [9.17, 15) is 5.11 Å². The number of aliphatic hydroxyl groups is 1. The maximum absolute atomic E-state index is 9.89. The molecule has 0 fully saturated rings. The number of ether oxygens (including phenoxy) is 2. The van der Waals surface area contributed by atoms with Crippen LogP contribution in [0.4, 0.5) is 0 Å². The summed E-state index contributed by atoms with van der Waals surface area (Å²) in [6.45, 7) is -0.281. The minimum absolute atomic E-state index is 0.281. The van der Waals surface area contributed by atoms with Gasteiger partial charge in [0.1, 0.15) is 17.2 Å². The molecule has 0 spiro atoms. The first kappa shape index (κ1) is 17.6. The summed E-state index contributed by atoms with van der Waals surface area (Å²) in [5, 5.41) is 14.7. The summed E-state index contributed by atoms with van der Waals surface area (Å²) in [6.07, 6.45) is 0. The fraction of sp³-hybridized carbons (Fsp3) is 0.167. The number of benzene rings is 2. The molecule has 0 saturated heterocycles. The zero-order valence-electron chi connectivity index (χ0n) is 13.5. The highest BCUT2D eigenvalue weighted by Crippen LogP contribution is 2.39. The van der Waals surface area contributed by atoms with E-state index < -0.39 is 0 Å². The molecule has 0 aliphatic heterocycles. The summed E-state index contributed by atoms with van der Waals surface area (Å²) in [6, 6.07) is 10.5. The van der Waals surface area contributed by atoms with Gasteiger partial charge in [-0.15, -0.1) is 0 Å². The van der Waals surface area contributed by atoms with Crippen molar-refractivity contribution in [1.29, 1.82) is 0 Å². The Morgan fingerprint density at radius 2 is 1.76 bits per heavy atom. The lowest BCUT2D eigenvalue weighted by molar-refractivity contribution is 0.281. The highest BCUT2D eigenvalue weighted by atomic mass is 35.5. The van der Waals surface area contributed by atoms with Crippen LogP contribution in [0.25, 0.3) is 22.6 Å². The lowest BCUT2D eigenvalue weighted by Gasteiger charge is -2.08. The summed E-state index contributed by atoms with van der Waals surface area (Å²) in [4.78, 5) is 0. The molecule has 7 heteroatoms. The summed E-state index contributed by atoms with van der Waals surface area (Å²) in [5.74, 6) is 1.60. The third kappa shape index (κ3) is 3.31. The van der Waals surface area contributed by atoms with Crippen LogP contribution in [-0.4, -0.2) is 24.5 Å². The van der Waals surface area contributed by atoms with E-state index in [-0.39, 0.29) is 6.61 Å². The Labute approximate surface area is 154 Å². The molecule has 3 aromatic rings. The molecule has 130 valence electrons. The number of aromatic nitrogens is 1. The van der Waals surface area contributed by atoms with Crippen LogP contribution in [-0.2, 0) is 6.61 Å². The van der Waals surface area contributed by atoms with Crippen molar-refractivity contribution in [3.8, 4) is 34.1 Å². The van der Waals surface area contributed by atoms with Gasteiger partial charge < -0.3 is 19.1 Å². The van der Waals surface area contributed by atoms with Gasteiger partial charge in [0.05, 0.1) is 36.4 Å². The number of hydrogen-bond acceptors (Lipinski definition) is 5. The van der Waals surface area contributed by atoms with Crippen molar-refractivity contribution in [3.63, 3.8) is 0 Å². The molecule has 1 N–H and O–H groups in total. The standard InChI is InChI=1S/C18H15Cl2NO4/c1-23-11-6-10(7-12(8-11)24-2)18-14(9-22)17(21-25-18)13-4-3-5-15(19)16(13)20/h3-8,22H,9H2,1-2H3. The molecule has 2 aromatic carbocycles. The van der Waals surface area contributed by atoms with Gasteiger partial charge >= 0.3 is 0 Å². The molecule has 0 aliphatic rings. The minimum atomic E-state index is -0.281. The number of hydrogen-bond donors (Lipinski definition) is 1. The Balaban J connectivity index is 2.17. The van der Waals surface area contributed by atoms with E-state index in [4.69, 9.17) is 37.2 Å². The fourth-order valence-corrected chi connectivity index (χ4v) is 2.91. The zero-order valence-corrected chi connectivity index (χ0v) is 15.1. The second kappa shape index (κ2) is 7.35. The first-order chi connectivity index (χ1) is 12.1. The maximum Gasteiger partial charge on any atom is 0.173 e. The predicted molar refractivity (Wildman–Crippen MR) is 96.4 cm³/mol. The molecule has 0 radical (unpaired) electrons. The highest BCUT2D eigenvalue weighted by molar-refractivity contribution is 6.43. The van der Waals surface area contributed by atoms with Crippen LogP contribution in [0.1, 0.15) is 5.56 Å². The Kier molecular flexibility index (Phi) is 5.18. The van der Waals surface area contributed by atoms with Gasteiger partial charge in [-0.05, 0) is 18.2 Å². The van der Waals surface area contributed by atoms with Gasteiger partial charge in [-0.2, -0.15) is 0 Å². The molecule has 0 atom stereocenters. The number of rotatable bonds is 5. The average molecular weight is 380 g/mol. The van der Waals surface area contributed by atoms with Crippen molar-refractivity contribution in [2.24, 2.45) is 0 Å². The first-order valence-corrected chi connectivity index (χ1v) is 8.11. The molecule has 3 rings (SSSR count). The number of halogens is 2.